The molecule has 28 heavy (non-hydrogen) atoms. The zero-order valence-electron chi connectivity index (χ0n) is 15.9. The Balaban J connectivity index is 1.44. The molecule has 0 saturated carbocycles. The lowest BCUT2D eigenvalue weighted by atomic mass is 9.88. The van der Waals surface area contributed by atoms with Gasteiger partial charge < -0.3 is 10.1 Å². The summed E-state index contributed by atoms with van der Waals surface area (Å²) in [5, 5.41) is 3.10. The molecule has 0 radical (unpaired) electrons. The second-order valence-electron chi connectivity index (χ2n) is 7.19. The molecule has 1 aliphatic heterocycles. The molecule has 3 aromatic rings. The average Bonchev–Trinajstić information content (AvgIpc) is 2.77. The van der Waals surface area contributed by atoms with Crippen LogP contribution in [-0.4, -0.2) is 19.1 Å². The number of carbonyl (C=O) groups is 1. The Morgan fingerprint density at radius 2 is 1.50 bits per heavy atom. The van der Waals surface area contributed by atoms with E-state index >= 15 is 0 Å². The Kier molecular flexibility index (Phi) is 5.83. The molecular formula is C25H25NO2. The van der Waals surface area contributed by atoms with Crippen LogP contribution >= 0.6 is 0 Å². The third-order valence-corrected chi connectivity index (χ3v) is 5.37. The van der Waals surface area contributed by atoms with Gasteiger partial charge in [-0.2, -0.15) is 0 Å². The van der Waals surface area contributed by atoms with Gasteiger partial charge in [-0.15, -0.1) is 0 Å². The molecule has 0 unspecified atom stereocenters. The molecule has 3 aromatic carbocycles. The molecule has 142 valence electrons. The molecule has 1 heterocycles. The van der Waals surface area contributed by atoms with E-state index in [1.54, 1.807) is 0 Å². The molecule has 0 aromatic heterocycles. The number of carbonyl (C=O) groups excluding carboxylic acids is 1. The van der Waals surface area contributed by atoms with Gasteiger partial charge in [-0.3, -0.25) is 4.79 Å². The second-order valence-corrected chi connectivity index (χ2v) is 7.19. The van der Waals surface area contributed by atoms with Crippen LogP contribution in [0.4, 0.5) is 0 Å². The Labute approximate surface area is 166 Å². The van der Waals surface area contributed by atoms with Gasteiger partial charge in [0.05, 0.1) is 6.61 Å². The SMILES string of the molecule is O=C(CC(c1ccccc1)c1ccccc1)NC[C@H]1OCCc2ccccc21. The maximum atomic E-state index is 12.8. The van der Waals surface area contributed by atoms with Gasteiger partial charge in [-0.1, -0.05) is 84.9 Å². The standard InChI is InChI=1S/C25H25NO2/c27-25(26-18-24-22-14-8-7-13-21(22)15-16-28-24)17-23(19-9-3-1-4-10-19)20-11-5-2-6-12-20/h1-14,23-24H,15-18H2,(H,26,27)/t24-/m1/s1. The lowest BCUT2D eigenvalue weighted by molar-refractivity contribution is -0.122. The van der Waals surface area contributed by atoms with Crippen LogP contribution in [0.15, 0.2) is 84.9 Å². The van der Waals surface area contributed by atoms with Gasteiger partial charge in [-0.25, -0.2) is 0 Å². The zero-order valence-corrected chi connectivity index (χ0v) is 15.9. The molecular weight excluding hydrogens is 346 g/mol. The largest absolute Gasteiger partial charge is 0.371 e. The molecule has 1 amide bonds. The third-order valence-electron chi connectivity index (χ3n) is 5.37. The molecule has 1 N–H and O–H groups in total. The molecule has 0 bridgehead atoms. The number of hydrogen-bond donors (Lipinski definition) is 1. The fraction of sp³-hybridized carbons (Fsp3) is 0.240. The Morgan fingerprint density at radius 1 is 0.893 bits per heavy atom. The first kappa shape index (κ1) is 18.5. The minimum Gasteiger partial charge on any atom is -0.371 e. The van der Waals surface area contributed by atoms with Crippen molar-refractivity contribution in [1.82, 2.24) is 5.32 Å². The van der Waals surface area contributed by atoms with Crippen LogP contribution in [0.25, 0.3) is 0 Å². The first-order valence-corrected chi connectivity index (χ1v) is 9.87. The van der Waals surface area contributed by atoms with E-state index in [9.17, 15) is 4.79 Å². The van der Waals surface area contributed by atoms with Crippen LogP contribution < -0.4 is 5.32 Å². The van der Waals surface area contributed by atoms with Gasteiger partial charge in [0, 0.05) is 18.9 Å². The van der Waals surface area contributed by atoms with Gasteiger partial charge in [0.25, 0.3) is 0 Å². The van der Waals surface area contributed by atoms with E-state index in [-0.39, 0.29) is 17.9 Å². The Morgan fingerprint density at radius 3 is 2.18 bits per heavy atom. The number of amides is 1. The van der Waals surface area contributed by atoms with Crippen molar-refractivity contribution in [2.75, 3.05) is 13.2 Å². The van der Waals surface area contributed by atoms with Gasteiger partial charge in [0.15, 0.2) is 0 Å². The van der Waals surface area contributed by atoms with E-state index < -0.39 is 0 Å². The summed E-state index contributed by atoms with van der Waals surface area (Å²) in [6.07, 6.45) is 1.29. The number of ether oxygens (including phenoxy) is 1. The highest BCUT2D eigenvalue weighted by Gasteiger charge is 2.22. The monoisotopic (exact) mass is 371 g/mol. The van der Waals surface area contributed by atoms with E-state index in [1.165, 1.54) is 11.1 Å². The van der Waals surface area contributed by atoms with Crippen LogP contribution in [0, 0.1) is 0 Å². The van der Waals surface area contributed by atoms with Gasteiger partial charge in [-0.05, 0) is 28.7 Å². The topological polar surface area (TPSA) is 38.3 Å². The molecule has 1 aliphatic rings. The van der Waals surface area contributed by atoms with Crippen molar-refractivity contribution < 1.29 is 9.53 Å². The smallest absolute Gasteiger partial charge is 0.221 e. The van der Waals surface area contributed by atoms with E-state index in [2.05, 4.69) is 47.8 Å². The molecule has 4 rings (SSSR count). The normalized spacial score (nSPS) is 15.8. The molecule has 0 saturated heterocycles. The lowest BCUT2D eigenvalue weighted by Gasteiger charge is -2.26. The van der Waals surface area contributed by atoms with Gasteiger partial charge in [0.1, 0.15) is 6.10 Å². The summed E-state index contributed by atoms with van der Waals surface area (Å²) in [6.45, 7) is 1.21. The Bertz CT molecular complexity index is 869. The summed E-state index contributed by atoms with van der Waals surface area (Å²) >= 11 is 0. The second kappa shape index (κ2) is 8.85. The molecule has 3 heteroatoms. The quantitative estimate of drug-likeness (QED) is 0.686. The minimum atomic E-state index is -0.0687. The zero-order chi connectivity index (χ0) is 19.2. The van der Waals surface area contributed by atoms with E-state index in [0.717, 1.165) is 17.5 Å². The van der Waals surface area contributed by atoms with E-state index in [1.807, 2.05) is 42.5 Å². The van der Waals surface area contributed by atoms with Crippen LogP contribution in [0.3, 0.4) is 0 Å². The maximum Gasteiger partial charge on any atom is 0.221 e. The van der Waals surface area contributed by atoms with E-state index in [4.69, 9.17) is 4.74 Å². The number of rotatable bonds is 6. The van der Waals surface area contributed by atoms with Crippen LogP contribution in [0.2, 0.25) is 0 Å². The number of benzene rings is 3. The number of fused-ring (bicyclic) bond motifs is 1. The first-order valence-electron chi connectivity index (χ1n) is 9.87. The van der Waals surface area contributed by atoms with Crippen molar-refractivity contribution in [2.24, 2.45) is 0 Å². The molecule has 0 fully saturated rings. The van der Waals surface area contributed by atoms with Crippen molar-refractivity contribution in [2.45, 2.75) is 24.9 Å². The summed E-state index contributed by atoms with van der Waals surface area (Å²) < 4.78 is 5.91. The number of nitrogens with one attached hydrogen (secondary N) is 1. The highest BCUT2D eigenvalue weighted by Crippen LogP contribution is 2.29. The highest BCUT2D eigenvalue weighted by molar-refractivity contribution is 5.77. The van der Waals surface area contributed by atoms with Crippen LogP contribution in [-0.2, 0) is 16.0 Å². The number of hydrogen-bond acceptors (Lipinski definition) is 2. The van der Waals surface area contributed by atoms with Gasteiger partial charge >= 0.3 is 0 Å². The lowest BCUT2D eigenvalue weighted by Crippen LogP contribution is -2.32. The summed E-state index contributed by atoms with van der Waals surface area (Å²) in [6, 6.07) is 28.8. The van der Waals surface area contributed by atoms with Crippen molar-refractivity contribution in [3.8, 4) is 0 Å². The van der Waals surface area contributed by atoms with Crippen molar-refractivity contribution in [1.29, 1.82) is 0 Å². The molecule has 0 spiro atoms. The third kappa shape index (κ3) is 4.32. The summed E-state index contributed by atoms with van der Waals surface area (Å²) in [7, 11) is 0. The summed E-state index contributed by atoms with van der Waals surface area (Å²) in [4.78, 5) is 12.8. The first-order chi connectivity index (χ1) is 13.8. The fourth-order valence-electron chi connectivity index (χ4n) is 3.91. The van der Waals surface area contributed by atoms with Crippen molar-refractivity contribution >= 4 is 5.91 Å². The van der Waals surface area contributed by atoms with Crippen molar-refractivity contribution in [3.05, 3.63) is 107 Å². The van der Waals surface area contributed by atoms with Gasteiger partial charge in [0.2, 0.25) is 5.91 Å². The summed E-state index contributed by atoms with van der Waals surface area (Å²) in [5.74, 6) is 0.0892. The average molecular weight is 371 g/mol. The molecule has 1 atom stereocenters. The van der Waals surface area contributed by atoms with Crippen LogP contribution in [0.5, 0.6) is 0 Å². The van der Waals surface area contributed by atoms with E-state index in [0.29, 0.717) is 19.6 Å². The molecule has 3 nitrogen and oxygen atoms in total. The summed E-state index contributed by atoms with van der Waals surface area (Å²) in [5.41, 5.74) is 4.82. The Hall–Kier alpha value is -2.91. The molecule has 0 aliphatic carbocycles. The predicted octanol–water partition coefficient (Wildman–Crippen LogP) is 4.64. The van der Waals surface area contributed by atoms with Crippen LogP contribution in [0.1, 0.15) is 40.7 Å². The fourth-order valence-corrected chi connectivity index (χ4v) is 3.91. The highest BCUT2D eigenvalue weighted by atomic mass is 16.5. The minimum absolute atomic E-state index is 0.0435. The maximum absolute atomic E-state index is 12.8. The van der Waals surface area contributed by atoms with Crippen molar-refractivity contribution in [3.63, 3.8) is 0 Å². The predicted molar refractivity (Wildman–Crippen MR) is 111 cm³/mol.